The monoisotopic (exact) mass is 640 g/mol. The molecule has 0 aromatic heterocycles. The minimum Gasteiger partial charge on any atom is -0.393 e. The van der Waals surface area contributed by atoms with Crippen LogP contribution >= 0.6 is 0 Å². The summed E-state index contributed by atoms with van der Waals surface area (Å²) in [4.78, 5) is 0. The lowest BCUT2D eigenvalue weighted by Gasteiger charge is -2.24. The SMILES string of the molecule is C/C(CO)=C1/C=C/C(C)(O)CCC2O[C@@]2(C)CC/C=C(\C)CC1.C/C1=C\CC[C@]2(C)OC2CC/C(C)=C/C=C(/C(C)(O)CO)CC1. The highest BCUT2D eigenvalue weighted by molar-refractivity contribution is 5.28. The first-order valence-corrected chi connectivity index (χ1v) is 17.6. The maximum atomic E-state index is 10.6. The van der Waals surface area contributed by atoms with Crippen LogP contribution in [-0.2, 0) is 9.47 Å². The number of ether oxygens (including phenoxy) is 2. The Labute approximate surface area is 279 Å². The average molecular weight is 641 g/mol. The van der Waals surface area contributed by atoms with Crippen LogP contribution in [0.5, 0.6) is 0 Å². The molecule has 2 fully saturated rings. The summed E-state index contributed by atoms with van der Waals surface area (Å²) in [7, 11) is 0. The number of aliphatic hydroxyl groups is 4. The molecule has 0 aromatic rings. The maximum Gasteiger partial charge on any atom is 0.106 e. The molecular formula is C40H64O6. The number of fused-ring (bicyclic) bond motifs is 2. The minimum absolute atomic E-state index is 0.000763. The third-order valence-electron chi connectivity index (χ3n) is 10.6. The van der Waals surface area contributed by atoms with E-state index in [0.29, 0.717) is 12.5 Å². The van der Waals surface area contributed by atoms with Crippen molar-refractivity contribution in [1.29, 1.82) is 0 Å². The van der Waals surface area contributed by atoms with Crippen molar-refractivity contribution in [2.75, 3.05) is 13.2 Å². The highest BCUT2D eigenvalue weighted by Gasteiger charge is 2.51. The van der Waals surface area contributed by atoms with Crippen LogP contribution in [0.3, 0.4) is 0 Å². The molecule has 0 bridgehead atoms. The summed E-state index contributed by atoms with van der Waals surface area (Å²) in [5.74, 6) is 0. The van der Waals surface area contributed by atoms with Crippen molar-refractivity contribution in [2.45, 2.75) is 167 Å². The number of aliphatic hydroxyl groups excluding tert-OH is 2. The molecule has 4 N–H and O–H groups in total. The Morgan fingerprint density at radius 3 is 1.93 bits per heavy atom. The molecule has 6 nitrogen and oxygen atoms in total. The summed E-state index contributed by atoms with van der Waals surface area (Å²) in [5.41, 5.74) is 5.11. The fourth-order valence-corrected chi connectivity index (χ4v) is 6.47. The van der Waals surface area contributed by atoms with Gasteiger partial charge in [-0.2, -0.15) is 0 Å². The molecule has 46 heavy (non-hydrogen) atoms. The van der Waals surface area contributed by atoms with Gasteiger partial charge in [-0.15, -0.1) is 0 Å². The van der Waals surface area contributed by atoms with E-state index in [1.807, 2.05) is 32.1 Å². The number of rotatable bonds is 3. The second-order valence-corrected chi connectivity index (χ2v) is 15.4. The lowest BCUT2D eigenvalue weighted by atomic mass is 9.89. The molecule has 4 aliphatic rings. The molecule has 6 heteroatoms. The highest BCUT2D eigenvalue weighted by atomic mass is 16.6. The molecule has 2 heterocycles. The van der Waals surface area contributed by atoms with Crippen LogP contribution in [0.15, 0.2) is 69.9 Å². The van der Waals surface area contributed by atoms with Gasteiger partial charge in [-0.3, -0.25) is 0 Å². The number of hydrogen-bond donors (Lipinski definition) is 4. The van der Waals surface area contributed by atoms with Crippen LogP contribution in [0.2, 0.25) is 0 Å². The summed E-state index contributed by atoms with van der Waals surface area (Å²) >= 11 is 0. The van der Waals surface area contributed by atoms with E-state index >= 15 is 0 Å². The van der Waals surface area contributed by atoms with Gasteiger partial charge in [0.2, 0.25) is 0 Å². The first-order valence-electron chi connectivity index (χ1n) is 17.6. The predicted octanol–water partition coefficient (Wildman–Crippen LogP) is 8.12. The van der Waals surface area contributed by atoms with Crippen molar-refractivity contribution in [3.05, 3.63) is 69.9 Å². The van der Waals surface area contributed by atoms with Gasteiger partial charge in [0.1, 0.15) is 5.60 Å². The van der Waals surface area contributed by atoms with Gasteiger partial charge in [0.15, 0.2) is 0 Å². The molecule has 0 amide bonds. The molecule has 0 aromatic carbocycles. The van der Waals surface area contributed by atoms with Crippen molar-refractivity contribution in [3.63, 3.8) is 0 Å². The zero-order valence-electron chi connectivity index (χ0n) is 30.1. The number of allylic oxidation sites excluding steroid dienone is 9. The van der Waals surface area contributed by atoms with Crippen LogP contribution in [0.25, 0.3) is 0 Å². The van der Waals surface area contributed by atoms with E-state index in [1.54, 1.807) is 6.92 Å². The first-order chi connectivity index (χ1) is 21.5. The van der Waals surface area contributed by atoms with Crippen molar-refractivity contribution >= 4 is 0 Å². The number of epoxide rings is 2. The molecule has 2 aliphatic carbocycles. The van der Waals surface area contributed by atoms with Gasteiger partial charge in [-0.25, -0.2) is 0 Å². The smallest absolute Gasteiger partial charge is 0.106 e. The molecule has 2 saturated heterocycles. The summed E-state index contributed by atoms with van der Waals surface area (Å²) < 4.78 is 11.8. The normalized spacial score (nSPS) is 40.7. The highest BCUT2D eigenvalue weighted by Crippen LogP contribution is 2.45. The molecular weight excluding hydrogens is 576 g/mol. The molecule has 0 saturated carbocycles. The third kappa shape index (κ3) is 12.0. The third-order valence-corrected chi connectivity index (χ3v) is 10.6. The van der Waals surface area contributed by atoms with Gasteiger partial charge in [0.05, 0.1) is 42.2 Å². The molecule has 4 rings (SSSR count). The second-order valence-electron chi connectivity index (χ2n) is 15.4. The molecule has 2 aliphatic heterocycles. The Balaban J connectivity index is 0.000000250. The molecule has 4 unspecified atom stereocenters. The van der Waals surface area contributed by atoms with Gasteiger partial charge < -0.3 is 29.9 Å². The van der Waals surface area contributed by atoms with E-state index in [2.05, 4.69) is 52.8 Å². The molecule has 0 radical (unpaired) electrons. The standard InChI is InChI=1S/2C20H32O3/c1-15-6-5-13-20(4)18(23-20)12-9-16(2)8-11-17(10-7-15)19(3,22)14-21;1-15-6-5-11-20(4)18(23-20)10-13-19(3,22)12-9-17(8-7-15)16(2)14-21/h6,8,11,18,21-22H,5,7,9-10,12-14H2,1-4H3;6,9,12,18,21-22H,5,7-8,10-11,13-14H2,1-4H3/b15-6+,16-8+,17-11+;12-9+,15-6+,17-16-/t2*18?,19?,20-/m00/s1. The minimum atomic E-state index is -1.15. The lowest BCUT2D eigenvalue weighted by Crippen LogP contribution is -2.31. The first kappa shape index (κ1) is 38.6. The van der Waals surface area contributed by atoms with Gasteiger partial charge in [0, 0.05) is 0 Å². The summed E-state index contributed by atoms with van der Waals surface area (Å²) in [6.45, 7) is 16.2. The largest absolute Gasteiger partial charge is 0.393 e. The average Bonchev–Trinajstić information content (AvgIpc) is 3.87. The second kappa shape index (κ2) is 16.5. The molecule has 0 spiro atoms. The van der Waals surface area contributed by atoms with Crippen molar-refractivity contribution in [1.82, 2.24) is 0 Å². The Kier molecular flexibility index (Phi) is 13.9. The Morgan fingerprint density at radius 2 is 1.37 bits per heavy atom. The molecule has 260 valence electrons. The van der Waals surface area contributed by atoms with Gasteiger partial charge >= 0.3 is 0 Å². The number of hydrogen-bond acceptors (Lipinski definition) is 6. The Morgan fingerprint density at radius 1 is 0.804 bits per heavy atom. The van der Waals surface area contributed by atoms with Gasteiger partial charge in [-0.05, 0) is 149 Å². The molecule has 6 atom stereocenters. The topological polar surface area (TPSA) is 106 Å². The zero-order valence-corrected chi connectivity index (χ0v) is 30.1. The quantitative estimate of drug-likeness (QED) is 0.183. The van der Waals surface area contributed by atoms with E-state index in [9.17, 15) is 20.4 Å². The van der Waals surface area contributed by atoms with Crippen molar-refractivity contribution in [3.8, 4) is 0 Å². The van der Waals surface area contributed by atoms with Crippen LogP contribution < -0.4 is 0 Å². The van der Waals surface area contributed by atoms with Crippen LogP contribution in [0.4, 0.5) is 0 Å². The van der Waals surface area contributed by atoms with E-state index < -0.39 is 11.2 Å². The van der Waals surface area contributed by atoms with Gasteiger partial charge in [-0.1, -0.05) is 53.2 Å². The van der Waals surface area contributed by atoms with Crippen molar-refractivity contribution < 1.29 is 29.9 Å². The Bertz CT molecular complexity index is 1210. The predicted molar refractivity (Wildman–Crippen MR) is 189 cm³/mol. The summed E-state index contributed by atoms with van der Waals surface area (Å²) in [6, 6.07) is 0. The zero-order chi connectivity index (χ0) is 34.2. The van der Waals surface area contributed by atoms with E-state index in [4.69, 9.17) is 9.47 Å². The van der Waals surface area contributed by atoms with Crippen LogP contribution in [0, 0.1) is 0 Å². The summed E-state index contributed by atoms with van der Waals surface area (Å²) in [6.07, 6.45) is 24.7. The van der Waals surface area contributed by atoms with E-state index in [0.717, 1.165) is 87.3 Å². The van der Waals surface area contributed by atoms with Gasteiger partial charge in [0.25, 0.3) is 0 Å². The fraction of sp³-hybridized carbons (Fsp3) is 0.700. The van der Waals surface area contributed by atoms with E-state index in [-0.39, 0.29) is 30.5 Å². The summed E-state index contributed by atoms with van der Waals surface area (Å²) in [5, 5.41) is 39.9. The lowest BCUT2D eigenvalue weighted by molar-refractivity contribution is 0.0307. The maximum absolute atomic E-state index is 10.6. The van der Waals surface area contributed by atoms with Crippen molar-refractivity contribution in [2.24, 2.45) is 0 Å². The van der Waals surface area contributed by atoms with Crippen LogP contribution in [0.1, 0.15) is 132 Å². The fourth-order valence-electron chi connectivity index (χ4n) is 6.47. The van der Waals surface area contributed by atoms with Crippen LogP contribution in [-0.4, -0.2) is 68.3 Å². The van der Waals surface area contributed by atoms with E-state index in [1.165, 1.54) is 16.7 Å². The Hall–Kier alpha value is -1.80.